The van der Waals surface area contributed by atoms with Gasteiger partial charge in [-0.3, -0.25) is 0 Å². The topological polar surface area (TPSA) is 52.3 Å². The third-order valence-electron chi connectivity index (χ3n) is 2.70. The number of benzene rings is 1. The summed E-state index contributed by atoms with van der Waals surface area (Å²) in [7, 11) is 0. The first-order chi connectivity index (χ1) is 8.72. The van der Waals surface area contributed by atoms with Crippen LogP contribution in [0.3, 0.4) is 0 Å². The number of hydrogen-bond acceptors (Lipinski definition) is 4. The molecule has 0 radical (unpaired) electrons. The molecule has 0 amide bonds. The summed E-state index contributed by atoms with van der Waals surface area (Å²) in [4.78, 5) is 11.6. The normalized spacial score (nSPS) is 10.3. The van der Waals surface area contributed by atoms with Crippen molar-refractivity contribution in [1.29, 1.82) is 0 Å². The van der Waals surface area contributed by atoms with Crippen molar-refractivity contribution >= 4 is 5.97 Å². The van der Waals surface area contributed by atoms with Gasteiger partial charge in [0, 0.05) is 12.0 Å². The summed E-state index contributed by atoms with van der Waals surface area (Å²) < 4.78 is 9.96. The number of esters is 1. The molecule has 1 aromatic carbocycles. The summed E-state index contributed by atoms with van der Waals surface area (Å²) in [5.41, 5.74) is 2.64. The molecule has 4 heteroatoms. The molecule has 0 aliphatic carbocycles. The van der Waals surface area contributed by atoms with Crippen LogP contribution in [0.15, 0.2) is 34.9 Å². The van der Waals surface area contributed by atoms with Gasteiger partial charge in [0.2, 0.25) is 5.76 Å². The minimum Gasteiger partial charge on any atom is -0.460 e. The van der Waals surface area contributed by atoms with E-state index < -0.39 is 5.97 Å². The molecule has 4 nitrogen and oxygen atoms in total. The third-order valence-corrected chi connectivity index (χ3v) is 2.70. The Hall–Kier alpha value is -2.10. The lowest BCUT2D eigenvalue weighted by Crippen LogP contribution is -2.05. The van der Waals surface area contributed by atoms with Crippen LogP contribution in [0.5, 0.6) is 0 Å². The average Bonchev–Trinajstić information content (AvgIpc) is 2.73. The van der Waals surface area contributed by atoms with E-state index in [2.05, 4.69) is 5.16 Å². The molecule has 2 aromatic rings. The molecule has 0 bridgehead atoms. The Morgan fingerprint density at radius 1 is 1.33 bits per heavy atom. The van der Waals surface area contributed by atoms with Gasteiger partial charge in [0.1, 0.15) is 0 Å². The lowest BCUT2D eigenvalue weighted by molar-refractivity contribution is 0.0478. The molecule has 0 N–H and O–H groups in total. The maximum Gasteiger partial charge on any atom is 0.377 e. The Balaban J connectivity index is 2.18. The number of nitrogens with zero attached hydrogens (tertiary/aromatic N) is 1. The van der Waals surface area contributed by atoms with E-state index in [1.165, 1.54) is 0 Å². The minimum absolute atomic E-state index is 0.197. The van der Waals surface area contributed by atoms with Crippen LogP contribution >= 0.6 is 0 Å². The second-order valence-electron chi connectivity index (χ2n) is 3.97. The van der Waals surface area contributed by atoms with Gasteiger partial charge < -0.3 is 9.26 Å². The molecule has 0 saturated heterocycles. The van der Waals surface area contributed by atoms with Crippen molar-refractivity contribution in [3.05, 3.63) is 52.9 Å². The molecule has 1 heterocycles. The first-order valence-electron chi connectivity index (χ1n) is 5.88. The van der Waals surface area contributed by atoms with Crippen molar-refractivity contribution in [2.45, 2.75) is 20.3 Å². The van der Waals surface area contributed by atoms with Crippen LogP contribution in [0.1, 0.15) is 34.3 Å². The number of aromatic nitrogens is 1. The monoisotopic (exact) mass is 245 g/mol. The Kier molecular flexibility index (Phi) is 3.77. The highest BCUT2D eigenvalue weighted by Gasteiger charge is 2.19. The summed E-state index contributed by atoms with van der Waals surface area (Å²) in [6.07, 6.45) is 0.648. The van der Waals surface area contributed by atoms with Crippen LogP contribution in [-0.4, -0.2) is 17.7 Å². The zero-order valence-corrected chi connectivity index (χ0v) is 10.5. The van der Waals surface area contributed by atoms with E-state index >= 15 is 0 Å². The molecule has 0 saturated carbocycles. The van der Waals surface area contributed by atoms with E-state index in [1.807, 2.05) is 37.3 Å². The zero-order valence-electron chi connectivity index (χ0n) is 10.5. The molecule has 0 spiro atoms. The molecule has 0 aliphatic rings. The highest BCUT2D eigenvalue weighted by atomic mass is 16.6. The van der Waals surface area contributed by atoms with Gasteiger partial charge in [0.25, 0.3) is 0 Å². The minimum atomic E-state index is -0.457. The summed E-state index contributed by atoms with van der Waals surface area (Å²) in [6.45, 7) is 3.91. The molecule has 18 heavy (non-hydrogen) atoms. The van der Waals surface area contributed by atoms with E-state index in [4.69, 9.17) is 9.26 Å². The van der Waals surface area contributed by atoms with Gasteiger partial charge >= 0.3 is 5.97 Å². The molecule has 0 atom stereocenters. The van der Waals surface area contributed by atoms with E-state index in [1.54, 1.807) is 6.92 Å². The molecule has 94 valence electrons. The largest absolute Gasteiger partial charge is 0.460 e. The fourth-order valence-corrected chi connectivity index (χ4v) is 1.71. The van der Waals surface area contributed by atoms with Crippen molar-refractivity contribution < 1.29 is 14.1 Å². The predicted molar refractivity (Wildman–Crippen MR) is 66.4 cm³/mol. The van der Waals surface area contributed by atoms with Gasteiger partial charge in [0.15, 0.2) is 0 Å². The standard InChI is InChI=1S/C14H15NO3/c1-3-17-14(16)13-10(2)12(15-18-13)9-11-7-5-4-6-8-11/h4-8H,3,9H2,1-2H3. The number of rotatable bonds is 4. The quantitative estimate of drug-likeness (QED) is 0.777. The highest BCUT2D eigenvalue weighted by Crippen LogP contribution is 2.17. The van der Waals surface area contributed by atoms with E-state index in [0.29, 0.717) is 13.0 Å². The zero-order chi connectivity index (χ0) is 13.0. The van der Waals surface area contributed by atoms with Crippen molar-refractivity contribution in [3.63, 3.8) is 0 Å². The fourth-order valence-electron chi connectivity index (χ4n) is 1.71. The van der Waals surface area contributed by atoms with Crippen LogP contribution in [0.2, 0.25) is 0 Å². The van der Waals surface area contributed by atoms with Crippen molar-refractivity contribution in [2.24, 2.45) is 0 Å². The Morgan fingerprint density at radius 3 is 2.72 bits per heavy atom. The lowest BCUT2D eigenvalue weighted by atomic mass is 10.1. The fraction of sp³-hybridized carbons (Fsp3) is 0.286. The van der Waals surface area contributed by atoms with Crippen LogP contribution < -0.4 is 0 Å². The van der Waals surface area contributed by atoms with Crippen LogP contribution in [0.4, 0.5) is 0 Å². The summed E-state index contributed by atoms with van der Waals surface area (Å²) >= 11 is 0. The SMILES string of the molecule is CCOC(=O)c1onc(Cc2ccccc2)c1C. The van der Waals surface area contributed by atoms with Gasteiger partial charge in [-0.25, -0.2) is 4.79 Å². The highest BCUT2D eigenvalue weighted by molar-refractivity contribution is 5.88. The Morgan fingerprint density at radius 2 is 2.06 bits per heavy atom. The number of hydrogen-bond donors (Lipinski definition) is 0. The lowest BCUT2D eigenvalue weighted by Gasteiger charge is -1.99. The molecule has 0 aliphatic heterocycles. The molecule has 0 fully saturated rings. The predicted octanol–water partition coefficient (Wildman–Crippen LogP) is 2.75. The van der Waals surface area contributed by atoms with Crippen LogP contribution in [0, 0.1) is 6.92 Å². The third kappa shape index (κ3) is 2.59. The van der Waals surface area contributed by atoms with Gasteiger partial charge in [-0.15, -0.1) is 0 Å². The van der Waals surface area contributed by atoms with E-state index in [-0.39, 0.29) is 5.76 Å². The number of carbonyl (C=O) groups excluding carboxylic acids is 1. The first-order valence-corrected chi connectivity index (χ1v) is 5.88. The first kappa shape index (κ1) is 12.4. The van der Waals surface area contributed by atoms with Gasteiger partial charge in [0.05, 0.1) is 12.3 Å². The van der Waals surface area contributed by atoms with Gasteiger partial charge in [-0.05, 0) is 19.4 Å². The molecule has 0 unspecified atom stereocenters. The summed E-state index contributed by atoms with van der Waals surface area (Å²) in [5, 5.41) is 3.94. The summed E-state index contributed by atoms with van der Waals surface area (Å²) in [5.74, 6) is -0.260. The van der Waals surface area contributed by atoms with Crippen LogP contribution in [-0.2, 0) is 11.2 Å². The Labute approximate surface area is 106 Å². The van der Waals surface area contributed by atoms with Gasteiger partial charge in [-0.1, -0.05) is 35.5 Å². The Bertz CT molecular complexity index is 531. The molecular formula is C14H15NO3. The second-order valence-corrected chi connectivity index (χ2v) is 3.97. The second kappa shape index (κ2) is 5.49. The molecular weight excluding hydrogens is 230 g/mol. The van der Waals surface area contributed by atoms with Gasteiger partial charge in [-0.2, -0.15) is 0 Å². The number of carbonyl (C=O) groups is 1. The van der Waals surface area contributed by atoms with E-state index in [9.17, 15) is 4.79 Å². The maximum atomic E-state index is 11.6. The van der Waals surface area contributed by atoms with E-state index in [0.717, 1.165) is 16.8 Å². The average molecular weight is 245 g/mol. The van der Waals surface area contributed by atoms with Crippen molar-refractivity contribution in [2.75, 3.05) is 6.61 Å². The summed E-state index contributed by atoms with van der Waals surface area (Å²) in [6, 6.07) is 9.92. The smallest absolute Gasteiger partial charge is 0.377 e. The van der Waals surface area contributed by atoms with Crippen molar-refractivity contribution in [3.8, 4) is 0 Å². The van der Waals surface area contributed by atoms with Crippen molar-refractivity contribution in [1.82, 2.24) is 5.16 Å². The molecule has 1 aromatic heterocycles. The molecule has 2 rings (SSSR count). The number of ether oxygens (including phenoxy) is 1. The maximum absolute atomic E-state index is 11.6. The van der Waals surface area contributed by atoms with Crippen LogP contribution in [0.25, 0.3) is 0 Å².